The summed E-state index contributed by atoms with van der Waals surface area (Å²) in [6.07, 6.45) is 8.40. The third kappa shape index (κ3) is 4.74. The summed E-state index contributed by atoms with van der Waals surface area (Å²) < 4.78 is 2.33. The van der Waals surface area contributed by atoms with Gasteiger partial charge in [-0.3, -0.25) is 9.36 Å². The number of nitrogens with zero attached hydrogens (tertiary/aromatic N) is 4. The van der Waals surface area contributed by atoms with E-state index in [1.165, 1.54) is 37.7 Å². The van der Waals surface area contributed by atoms with Crippen molar-refractivity contribution in [1.29, 1.82) is 0 Å². The Morgan fingerprint density at radius 2 is 1.67 bits per heavy atom. The second kappa shape index (κ2) is 9.13. The van der Waals surface area contributed by atoms with Gasteiger partial charge in [-0.2, -0.15) is 0 Å². The molecule has 1 aliphatic carbocycles. The van der Waals surface area contributed by atoms with Crippen molar-refractivity contribution in [1.82, 2.24) is 19.7 Å². The second-order valence-corrected chi connectivity index (χ2v) is 10.6. The van der Waals surface area contributed by atoms with Gasteiger partial charge in [-0.15, -0.1) is 10.2 Å². The number of hydrogen-bond donors (Lipinski definition) is 0. The van der Waals surface area contributed by atoms with E-state index in [2.05, 4.69) is 59.8 Å². The Balaban J connectivity index is 1.59. The van der Waals surface area contributed by atoms with E-state index in [0.717, 1.165) is 42.5 Å². The first kappa shape index (κ1) is 21.4. The minimum absolute atomic E-state index is 0.131. The first-order valence-electron chi connectivity index (χ1n) is 11.4. The van der Waals surface area contributed by atoms with Crippen LogP contribution in [0.4, 0.5) is 0 Å². The first-order chi connectivity index (χ1) is 14.4. The Labute approximate surface area is 184 Å². The van der Waals surface area contributed by atoms with E-state index in [1.807, 2.05) is 4.90 Å². The molecule has 0 spiro atoms. The Hall–Kier alpha value is -1.82. The molecule has 0 radical (unpaired) electrons. The summed E-state index contributed by atoms with van der Waals surface area (Å²) in [5, 5.41) is 10.0. The third-order valence-corrected chi connectivity index (χ3v) is 7.32. The van der Waals surface area contributed by atoms with E-state index in [-0.39, 0.29) is 11.3 Å². The minimum atomic E-state index is 0.131. The molecule has 1 saturated carbocycles. The van der Waals surface area contributed by atoms with Gasteiger partial charge in [0.25, 0.3) is 0 Å². The van der Waals surface area contributed by atoms with Gasteiger partial charge in [0.1, 0.15) is 0 Å². The summed E-state index contributed by atoms with van der Waals surface area (Å²) in [5.41, 5.74) is 2.56. The van der Waals surface area contributed by atoms with Gasteiger partial charge in [0.2, 0.25) is 5.91 Å². The smallest absolute Gasteiger partial charge is 0.233 e. The summed E-state index contributed by atoms with van der Waals surface area (Å²) in [6.45, 7) is 8.51. The van der Waals surface area contributed by atoms with E-state index in [0.29, 0.717) is 11.8 Å². The monoisotopic (exact) mass is 426 g/mol. The zero-order valence-electron chi connectivity index (χ0n) is 18.6. The fourth-order valence-corrected chi connectivity index (χ4v) is 5.45. The molecule has 2 heterocycles. The van der Waals surface area contributed by atoms with Crippen molar-refractivity contribution < 1.29 is 4.79 Å². The van der Waals surface area contributed by atoms with Gasteiger partial charge in [0.05, 0.1) is 5.75 Å². The van der Waals surface area contributed by atoms with Gasteiger partial charge < -0.3 is 4.90 Å². The van der Waals surface area contributed by atoms with Crippen molar-refractivity contribution >= 4 is 17.7 Å². The predicted octanol–water partition coefficient (Wildman–Crippen LogP) is 5.46. The molecule has 162 valence electrons. The molecule has 5 nitrogen and oxygen atoms in total. The fourth-order valence-electron chi connectivity index (χ4n) is 4.54. The van der Waals surface area contributed by atoms with Crippen molar-refractivity contribution in [3.63, 3.8) is 0 Å². The fraction of sp³-hybridized carbons (Fsp3) is 0.625. The van der Waals surface area contributed by atoms with Gasteiger partial charge in [-0.05, 0) is 36.7 Å². The Morgan fingerprint density at radius 3 is 2.30 bits per heavy atom. The molecule has 4 rings (SSSR count). The molecule has 1 aromatic heterocycles. The van der Waals surface area contributed by atoms with Crippen LogP contribution >= 0.6 is 11.8 Å². The van der Waals surface area contributed by atoms with E-state index in [4.69, 9.17) is 0 Å². The summed E-state index contributed by atoms with van der Waals surface area (Å²) in [7, 11) is 0. The van der Waals surface area contributed by atoms with Crippen molar-refractivity contribution in [2.24, 2.45) is 0 Å². The van der Waals surface area contributed by atoms with Gasteiger partial charge in [-0.1, -0.05) is 76.1 Å². The zero-order valence-corrected chi connectivity index (χ0v) is 19.4. The number of likely N-dealkylation sites (tertiary alicyclic amines) is 1. The molecule has 1 saturated heterocycles. The highest BCUT2D eigenvalue weighted by Gasteiger charge is 2.26. The van der Waals surface area contributed by atoms with E-state index in [1.54, 1.807) is 11.8 Å². The number of carbonyl (C=O) groups excluding carboxylic acids is 1. The highest BCUT2D eigenvalue weighted by molar-refractivity contribution is 7.99. The summed E-state index contributed by atoms with van der Waals surface area (Å²) >= 11 is 1.56. The van der Waals surface area contributed by atoms with Gasteiger partial charge in [0, 0.05) is 24.7 Å². The lowest BCUT2D eigenvalue weighted by Crippen LogP contribution is -2.29. The number of aromatic nitrogens is 3. The van der Waals surface area contributed by atoms with E-state index < -0.39 is 0 Å². The van der Waals surface area contributed by atoms with Crippen LogP contribution in [0.25, 0.3) is 11.4 Å². The van der Waals surface area contributed by atoms with Crippen molar-refractivity contribution in [2.75, 3.05) is 18.8 Å². The van der Waals surface area contributed by atoms with Crippen LogP contribution in [0, 0.1) is 0 Å². The lowest BCUT2D eigenvalue weighted by Gasteiger charge is -2.26. The van der Waals surface area contributed by atoms with Gasteiger partial charge in [0.15, 0.2) is 11.0 Å². The molecule has 2 fully saturated rings. The van der Waals surface area contributed by atoms with Crippen molar-refractivity contribution in [2.45, 2.75) is 82.3 Å². The number of benzene rings is 1. The maximum atomic E-state index is 12.6. The van der Waals surface area contributed by atoms with Crippen LogP contribution in [0.15, 0.2) is 29.4 Å². The quantitative estimate of drug-likeness (QED) is 0.596. The van der Waals surface area contributed by atoms with E-state index in [9.17, 15) is 4.79 Å². The number of amides is 1. The van der Waals surface area contributed by atoms with Gasteiger partial charge >= 0.3 is 0 Å². The predicted molar refractivity (Wildman–Crippen MR) is 123 cm³/mol. The normalized spacial score (nSPS) is 18.2. The molecule has 0 bridgehead atoms. The Kier molecular flexibility index (Phi) is 6.51. The van der Waals surface area contributed by atoms with Crippen LogP contribution in [-0.2, 0) is 10.2 Å². The largest absolute Gasteiger partial charge is 0.342 e. The molecule has 2 aromatic rings. The number of rotatable bonds is 5. The van der Waals surface area contributed by atoms with Crippen molar-refractivity contribution in [3.8, 4) is 11.4 Å². The van der Waals surface area contributed by atoms with Crippen LogP contribution in [0.5, 0.6) is 0 Å². The van der Waals surface area contributed by atoms with Crippen LogP contribution < -0.4 is 0 Å². The highest BCUT2D eigenvalue weighted by Crippen LogP contribution is 2.36. The first-order valence-corrected chi connectivity index (χ1v) is 12.4. The molecule has 30 heavy (non-hydrogen) atoms. The Morgan fingerprint density at radius 1 is 1.00 bits per heavy atom. The Bertz CT molecular complexity index is 856. The summed E-state index contributed by atoms with van der Waals surface area (Å²) in [5.74, 6) is 1.62. The summed E-state index contributed by atoms with van der Waals surface area (Å²) in [4.78, 5) is 14.5. The maximum absolute atomic E-state index is 12.6. The van der Waals surface area contributed by atoms with Crippen LogP contribution in [0.3, 0.4) is 0 Å². The minimum Gasteiger partial charge on any atom is -0.342 e. The number of thioether (sulfide) groups is 1. The molecular formula is C24H34N4OS. The molecule has 0 N–H and O–H groups in total. The van der Waals surface area contributed by atoms with Crippen LogP contribution in [-0.4, -0.2) is 44.4 Å². The molecular weight excluding hydrogens is 392 g/mol. The van der Waals surface area contributed by atoms with E-state index >= 15 is 0 Å². The van der Waals surface area contributed by atoms with Crippen molar-refractivity contribution in [3.05, 3.63) is 29.8 Å². The van der Waals surface area contributed by atoms with Crippen LogP contribution in [0.2, 0.25) is 0 Å². The zero-order chi connectivity index (χ0) is 21.1. The lowest BCUT2D eigenvalue weighted by molar-refractivity contribution is -0.127. The topological polar surface area (TPSA) is 51.0 Å². The standard InChI is InChI=1S/C24H34N4OS/c1-24(2,3)19-13-11-18(12-14-19)22-25-26-23(28(22)20-9-5-4-6-10-20)30-17-21(29)27-15-7-8-16-27/h11-14,20H,4-10,15-17H2,1-3H3. The lowest BCUT2D eigenvalue weighted by atomic mass is 9.86. The number of hydrogen-bond acceptors (Lipinski definition) is 4. The van der Waals surface area contributed by atoms with Gasteiger partial charge in [-0.25, -0.2) is 0 Å². The molecule has 0 atom stereocenters. The second-order valence-electron chi connectivity index (χ2n) is 9.67. The molecule has 1 aliphatic heterocycles. The number of carbonyl (C=O) groups is 1. The third-order valence-electron chi connectivity index (χ3n) is 6.40. The molecule has 6 heteroatoms. The SMILES string of the molecule is CC(C)(C)c1ccc(-c2nnc(SCC(=O)N3CCCC3)n2C2CCCCC2)cc1. The molecule has 1 aromatic carbocycles. The molecule has 0 unspecified atom stereocenters. The molecule has 2 aliphatic rings. The highest BCUT2D eigenvalue weighted by atomic mass is 32.2. The molecule has 1 amide bonds. The van der Waals surface area contributed by atoms with Crippen LogP contribution in [0.1, 0.15) is 77.3 Å². The average Bonchev–Trinajstić information content (AvgIpc) is 3.42. The average molecular weight is 427 g/mol. The maximum Gasteiger partial charge on any atom is 0.233 e. The summed E-state index contributed by atoms with van der Waals surface area (Å²) in [6, 6.07) is 9.19.